The molecule has 0 aliphatic carbocycles. The van der Waals surface area contributed by atoms with E-state index in [1.54, 1.807) is 6.92 Å². The molecule has 0 spiro atoms. The number of carbonyl (C=O) groups is 1. The van der Waals surface area contributed by atoms with Crippen LogP contribution < -0.4 is 9.47 Å². The van der Waals surface area contributed by atoms with Crippen LogP contribution in [0.4, 0.5) is 13.2 Å². The third kappa shape index (κ3) is 6.54. The minimum Gasteiger partial charge on any atom is -0.491 e. The number of hydrogen-bond donors (Lipinski definition) is 1. The van der Waals surface area contributed by atoms with Crippen molar-refractivity contribution < 1.29 is 32.5 Å². The van der Waals surface area contributed by atoms with Gasteiger partial charge in [-0.15, -0.1) is 13.2 Å². The van der Waals surface area contributed by atoms with Gasteiger partial charge in [0.1, 0.15) is 11.5 Å². The van der Waals surface area contributed by atoms with Crippen molar-refractivity contribution in [3.63, 3.8) is 0 Å². The van der Waals surface area contributed by atoms with Crippen molar-refractivity contribution in [2.24, 2.45) is 0 Å². The first-order valence-electron chi connectivity index (χ1n) is 5.50. The van der Waals surface area contributed by atoms with Crippen molar-refractivity contribution >= 4 is 5.97 Å². The summed E-state index contributed by atoms with van der Waals surface area (Å²) in [6.07, 6.45) is -4.78. The highest BCUT2D eigenvalue weighted by molar-refractivity contribution is 5.66. The topological polar surface area (TPSA) is 55.8 Å². The van der Waals surface area contributed by atoms with E-state index in [9.17, 15) is 18.0 Å². The molecule has 1 aromatic carbocycles. The van der Waals surface area contributed by atoms with Gasteiger partial charge in [0.25, 0.3) is 0 Å². The van der Waals surface area contributed by atoms with E-state index in [1.165, 1.54) is 12.1 Å². The second kappa shape index (κ2) is 6.31. The van der Waals surface area contributed by atoms with Gasteiger partial charge in [-0.2, -0.15) is 0 Å². The van der Waals surface area contributed by atoms with E-state index in [-0.39, 0.29) is 18.3 Å². The van der Waals surface area contributed by atoms with Crippen LogP contribution in [0.25, 0.3) is 0 Å². The third-order valence-corrected chi connectivity index (χ3v) is 2.16. The number of alkyl halides is 3. The lowest BCUT2D eigenvalue weighted by molar-refractivity contribution is -0.274. The molecule has 1 rings (SSSR count). The fourth-order valence-electron chi connectivity index (χ4n) is 1.34. The van der Waals surface area contributed by atoms with Crippen LogP contribution >= 0.6 is 0 Å². The maximum absolute atomic E-state index is 11.9. The molecule has 19 heavy (non-hydrogen) atoms. The van der Waals surface area contributed by atoms with E-state index in [0.29, 0.717) is 12.2 Å². The quantitative estimate of drug-likeness (QED) is 0.868. The van der Waals surface area contributed by atoms with Crippen molar-refractivity contribution in [2.75, 3.05) is 0 Å². The molecule has 0 radical (unpaired) electrons. The number of benzene rings is 1. The molecule has 0 fully saturated rings. The average Bonchev–Trinajstić information content (AvgIpc) is 2.27. The zero-order valence-corrected chi connectivity index (χ0v) is 10.1. The van der Waals surface area contributed by atoms with E-state index in [1.807, 2.05) is 0 Å². The Labute approximate surface area is 107 Å². The molecule has 0 heterocycles. The average molecular weight is 278 g/mol. The Morgan fingerprint density at radius 1 is 1.26 bits per heavy atom. The molecular weight excluding hydrogens is 265 g/mol. The summed E-state index contributed by atoms with van der Waals surface area (Å²) in [6.45, 7) is 1.68. The Kier molecular flexibility index (Phi) is 5.02. The van der Waals surface area contributed by atoms with E-state index in [0.717, 1.165) is 12.1 Å². The second-order valence-corrected chi connectivity index (χ2v) is 3.88. The minimum atomic E-state index is -4.73. The van der Waals surface area contributed by atoms with Gasteiger partial charge in [-0.25, -0.2) is 0 Å². The predicted octanol–water partition coefficient (Wildman–Crippen LogP) is 3.22. The summed E-state index contributed by atoms with van der Waals surface area (Å²) < 4.78 is 44.8. The molecule has 1 unspecified atom stereocenters. The normalized spacial score (nSPS) is 12.8. The number of carboxylic acids is 1. The lowest BCUT2D eigenvalue weighted by Gasteiger charge is -2.14. The number of ether oxygens (including phenoxy) is 2. The fraction of sp³-hybridized carbons (Fsp3) is 0.417. The van der Waals surface area contributed by atoms with Gasteiger partial charge in [0.05, 0.1) is 6.10 Å². The molecule has 1 N–H and O–H groups in total. The summed E-state index contributed by atoms with van der Waals surface area (Å²) in [5.74, 6) is -0.908. The molecule has 0 aliphatic rings. The van der Waals surface area contributed by atoms with Gasteiger partial charge in [0.2, 0.25) is 0 Å². The van der Waals surface area contributed by atoms with Gasteiger partial charge in [0.15, 0.2) is 0 Å². The van der Waals surface area contributed by atoms with Crippen LogP contribution in [0.15, 0.2) is 24.3 Å². The molecule has 4 nitrogen and oxygen atoms in total. The standard InChI is InChI=1S/C12H13F3O4/c1-8(2-7-11(16)17)18-9-3-5-10(6-4-9)19-12(13,14)15/h3-6,8H,2,7H2,1H3,(H,16,17). The molecule has 1 aromatic rings. The predicted molar refractivity (Wildman–Crippen MR) is 60.1 cm³/mol. The van der Waals surface area contributed by atoms with Gasteiger partial charge in [-0.1, -0.05) is 0 Å². The Hall–Kier alpha value is -1.92. The molecule has 106 valence electrons. The number of aliphatic carboxylic acids is 1. The number of halogens is 3. The Morgan fingerprint density at radius 2 is 1.79 bits per heavy atom. The van der Waals surface area contributed by atoms with Gasteiger partial charge >= 0.3 is 12.3 Å². The van der Waals surface area contributed by atoms with Crippen molar-refractivity contribution in [2.45, 2.75) is 32.2 Å². The van der Waals surface area contributed by atoms with Crippen LogP contribution in [0.2, 0.25) is 0 Å². The van der Waals surface area contributed by atoms with Crippen molar-refractivity contribution in [3.05, 3.63) is 24.3 Å². The van der Waals surface area contributed by atoms with Gasteiger partial charge < -0.3 is 14.6 Å². The first-order valence-corrected chi connectivity index (χ1v) is 5.50. The summed E-state index contributed by atoms with van der Waals surface area (Å²) in [5, 5.41) is 8.49. The van der Waals surface area contributed by atoms with E-state index in [2.05, 4.69) is 4.74 Å². The highest BCUT2D eigenvalue weighted by Gasteiger charge is 2.30. The van der Waals surface area contributed by atoms with Crippen LogP contribution in [0.1, 0.15) is 19.8 Å². The molecule has 1 atom stereocenters. The van der Waals surface area contributed by atoms with Crippen LogP contribution in [-0.4, -0.2) is 23.5 Å². The summed E-state index contributed by atoms with van der Waals surface area (Å²) in [4.78, 5) is 10.4. The van der Waals surface area contributed by atoms with Gasteiger partial charge in [-0.05, 0) is 37.6 Å². The van der Waals surface area contributed by atoms with Crippen LogP contribution in [0.5, 0.6) is 11.5 Å². The maximum Gasteiger partial charge on any atom is 0.573 e. The Morgan fingerprint density at radius 3 is 2.26 bits per heavy atom. The van der Waals surface area contributed by atoms with E-state index < -0.39 is 12.3 Å². The first-order chi connectivity index (χ1) is 8.76. The first kappa shape index (κ1) is 15.1. The molecule has 0 saturated carbocycles. The second-order valence-electron chi connectivity index (χ2n) is 3.88. The van der Waals surface area contributed by atoms with Crippen molar-refractivity contribution in [1.82, 2.24) is 0 Å². The van der Waals surface area contributed by atoms with Crippen LogP contribution in [0.3, 0.4) is 0 Å². The molecule has 0 amide bonds. The fourth-order valence-corrected chi connectivity index (χ4v) is 1.34. The third-order valence-electron chi connectivity index (χ3n) is 2.16. The zero-order valence-electron chi connectivity index (χ0n) is 10.1. The van der Waals surface area contributed by atoms with Crippen molar-refractivity contribution in [3.8, 4) is 11.5 Å². The lowest BCUT2D eigenvalue weighted by atomic mass is 10.2. The highest BCUT2D eigenvalue weighted by Crippen LogP contribution is 2.25. The monoisotopic (exact) mass is 278 g/mol. The summed E-state index contributed by atoms with van der Waals surface area (Å²) >= 11 is 0. The number of carboxylic acid groups (broad SMARTS) is 1. The summed E-state index contributed by atoms with van der Waals surface area (Å²) in [7, 11) is 0. The number of hydrogen-bond acceptors (Lipinski definition) is 3. The summed E-state index contributed by atoms with van der Waals surface area (Å²) in [5.41, 5.74) is 0. The largest absolute Gasteiger partial charge is 0.573 e. The highest BCUT2D eigenvalue weighted by atomic mass is 19.4. The molecule has 0 aliphatic heterocycles. The molecule has 0 saturated heterocycles. The van der Waals surface area contributed by atoms with Crippen molar-refractivity contribution in [1.29, 1.82) is 0 Å². The molecule has 0 bridgehead atoms. The molecule has 7 heteroatoms. The Balaban J connectivity index is 2.50. The zero-order chi connectivity index (χ0) is 14.5. The van der Waals surface area contributed by atoms with E-state index >= 15 is 0 Å². The number of rotatable bonds is 6. The molecular formula is C12H13F3O4. The smallest absolute Gasteiger partial charge is 0.491 e. The van der Waals surface area contributed by atoms with Crippen LogP contribution in [-0.2, 0) is 4.79 Å². The summed E-state index contributed by atoms with van der Waals surface area (Å²) in [6, 6.07) is 4.93. The SMILES string of the molecule is CC(CCC(=O)O)Oc1ccc(OC(F)(F)F)cc1. The Bertz CT molecular complexity index is 414. The molecule has 0 aromatic heterocycles. The van der Waals surface area contributed by atoms with Crippen LogP contribution in [0, 0.1) is 0 Å². The lowest BCUT2D eigenvalue weighted by Crippen LogP contribution is -2.17. The maximum atomic E-state index is 11.9. The van der Waals surface area contributed by atoms with Gasteiger partial charge in [-0.3, -0.25) is 4.79 Å². The van der Waals surface area contributed by atoms with Gasteiger partial charge in [0, 0.05) is 6.42 Å². The van der Waals surface area contributed by atoms with E-state index in [4.69, 9.17) is 9.84 Å². The minimum absolute atomic E-state index is 0.0313.